The number of aliphatic hydroxyl groups is 2. The molecule has 1 aliphatic rings. The Morgan fingerprint density at radius 3 is 2.49 bits per heavy atom. The van der Waals surface area contributed by atoms with Crippen molar-refractivity contribution in [2.45, 2.75) is 24.6 Å². The molecule has 0 radical (unpaired) electrons. The van der Waals surface area contributed by atoms with Crippen LogP contribution in [0.3, 0.4) is 0 Å². The van der Waals surface area contributed by atoms with E-state index in [9.17, 15) is 27.8 Å². The van der Waals surface area contributed by atoms with Crippen LogP contribution in [0.5, 0.6) is 5.75 Å². The number of β-amino-alcohol motifs (C(OH)–C–C–N with tert-alkyl or cyclic N) is 1. The highest BCUT2D eigenvalue weighted by Gasteiger charge is 2.47. The van der Waals surface area contributed by atoms with E-state index in [1.165, 1.54) is 6.07 Å². The van der Waals surface area contributed by atoms with Gasteiger partial charge in [-0.2, -0.15) is 0 Å². The Kier molecular flexibility index (Phi) is 11.2. The number of likely N-dealkylation sites (tertiary alicyclic amines) is 1. The van der Waals surface area contributed by atoms with Crippen LogP contribution in [0.15, 0.2) is 59.2 Å². The van der Waals surface area contributed by atoms with Gasteiger partial charge in [0, 0.05) is 42.0 Å². The lowest BCUT2D eigenvalue weighted by molar-refractivity contribution is -0.188. The van der Waals surface area contributed by atoms with Crippen molar-refractivity contribution >= 4 is 27.5 Å². The molecule has 4 rings (SSSR count). The third-order valence-corrected chi connectivity index (χ3v) is 7.03. The van der Waals surface area contributed by atoms with E-state index in [4.69, 9.17) is 16.3 Å². The van der Waals surface area contributed by atoms with Gasteiger partial charge in [-0.05, 0) is 70.2 Å². The van der Waals surface area contributed by atoms with E-state index >= 15 is 0 Å². The van der Waals surface area contributed by atoms with Crippen LogP contribution in [0.4, 0.5) is 17.6 Å². The number of piperidine rings is 1. The average Bonchev–Trinajstić information content (AvgIpc) is 2.92. The van der Waals surface area contributed by atoms with E-state index in [0.717, 1.165) is 5.56 Å². The Balaban J connectivity index is 0.00000205. The molecule has 39 heavy (non-hydrogen) atoms. The highest BCUT2D eigenvalue weighted by atomic mass is 79.9. The van der Waals surface area contributed by atoms with Crippen molar-refractivity contribution in [3.05, 3.63) is 81.3 Å². The Morgan fingerprint density at radius 1 is 1.15 bits per heavy atom. The number of aliphatic hydroxyl groups excluding tert-OH is 1. The molecule has 3 aromatic rings. The molecule has 2 atom stereocenters. The van der Waals surface area contributed by atoms with E-state index in [0.29, 0.717) is 40.1 Å². The number of rotatable bonds is 6. The minimum atomic E-state index is -3.00. The van der Waals surface area contributed by atoms with Crippen molar-refractivity contribution in [2.24, 2.45) is 0 Å². The van der Waals surface area contributed by atoms with Crippen molar-refractivity contribution < 1.29 is 32.5 Å². The van der Waals surface area contributed by atoms with Crippen molar-refractivity contribution in [2.75, 3.05) is 33.4 Å². The molecule has 2 unspecified atom stereocenters. The molecule has 1 aliphatic heterocycles. The lowest BCUT2D eigenvalue weighted by Crippen LogP contribution is -2.59. The molecule has 0 spiro atoms. The molecule has 2 N–H and O–H groups in total. The summed E-state index contributed by atoms with van der Waals surface area (Å²) in [5, 5.41) is 20.4. The van der Waals surface area contributed by atoms with Gasteiger partial charge in [0.05, 0.1) is 11.7 Å². The van der Waals surface area contributed by atoms with E-state index in [1.54, 1.807) is 53.6 Å². The van der Waals surface area contributed by atoms with Crippen LogP contribution < -0.4 is 4.74 Å². The second-order valence-electron chi connectivity index (χ2n) is 8.66. The van der Waals surface area contributed by atoms with Gasteiger partial charge in [0.25, 0.3) is 6.43 Å². The summed E-state index contributed by atoms with van der Waals surface area (Å²) in [6.45, 7) is 0.799. The number of alkyl halides is 3. The molecule has 11 heteroatoms. The SMILES string of the molecule is CF.OC1CN(CCOc2ccc(C#Cc3ncc(-c4ccc(Cl)cc4)cc3F)cc2Br)CCC1(O)C(F)F. The zero-order chi connectivity index (χ0) is 28.6. The number of benzene rings is 2. The van der Waals surface area contributed by atoms with E-state index in [2.05, 4.69) is 32.8 Å². The second-order valence-corrected chi connectivity index (χ2v) is 9.95. The molecule has 0 amide bonds. The van der Waals surface area contributed by atoms with Gasteiger partial charge in [-0.3, -0.25) is 9.29 Å². The molecule has 0 bridgehead atoms. The van der Waals surface area contributed by atoms with E-state index in [-0.39, 0.29) is 31.8 Å². The first-order chi connectivity index (χ1) is 18.7. The molecule has 1 fully saturated rings. The molecule has 208 valence electrons. The van der Waals surface area contributed by atoms with Gasteiger partial charge in [-0.15, -0.1) is 0 Å². The lowest BCUT2D eigenvalue weighted by Gasteiger charge is -2.41. The highest BCUT2D eigenvalue weighted by molar-refractivity contribution is 9.10. The molecule has 1 aromatic heterocycles. The molecule has 5 nitrogen and oxygen atoms in total. The maximum atomic E-state index is 14.6. The quantitative estimate of drug-likeness (QED) is 0.269. The number of hydrogen-bond acceptors (Lipinski definition) is 5. The van der Waals surface area contributed by atoms with Crippen molar-refractivity contribution in [3.63, 3.8) is 0 Å². The fraction of sp³-hybridized carbons (Fsp3) is 0.321. The maximum absolute atomic E-state index is 14.6. The molecule has 0 saturated carbocycles. The standard InChI is InChI=1S/C27H23BrClF3N2O3.CH3F/c28-21-13-17(1-7-23-22(30)14-19(15-33-23)18-3-5-20(29)6-4-18)2-8-24(21)37-12-11-34-10-9-27(36,26(31)32)25(35)16-34;1-2/h2-6,8,13-15,25-26,35-36H,9-12,16H2;1H3. The van der Waals surface area contributed by atoms with Gasteiger partial charge < -0.3 is 14.9 Å². The first-order valence-electron chi connectivity index (χ1n) is 11.8. The Bertz CT molecular complexity index is 1320. The summed E-state index contributed by atoms with van der Waals surface area (Å²) < 4.78 is 56.5. The third-order valence-electron chi connectivity index (χ3n) is 6.16. The van der Waals surface area contributed by atoms with Crippen LogP contribution in [-0.2, 0) is 0 Å². The zero-order valence-corrected chi connectivity index (χ0v) is 23.2. The van der Waals surface area contributed by atoms with Crippen LogP contribution in [0, 0.1) is 17.7 Å². The molecule has 0 aliphatic carbocycles. The maximum Gasteiger partial charge on any atom is 0.269 e. The Labute approximate surface area is 237 Å². The second kappa shape index (κ2) is 14.1. The van der Waals surface area contributed by atoms with Crippen molar-refractivity contribution in [1.29, 1.82) is 0 Å². The van der Waals surface area contributed by atoms with Crippen LogP contribution >= 0.6 is 27.5 Å². The Hall–Kier alpha value is -2.68. The fourth-order valence-electron chi connectivity index (χ4n) is 3.90. The number of nitrogens with zero attached hydrogens (tertiary/aromatic N) is 2. The lowest BCUT2D eigenvalue weighted by atomic mass is 9.89. The van der Waals surface area contributed by atoms with Crippen LogP contribution in [0.1, 0.15) is 17.7 Å². The van der Waals surface area contributed by atoms with Gasteiger partial charge in [0.1, 0.15) is 24.2 Å². The zero-order valence-electron chi connectivity index (χ0n) is 20.9. The minimum absolute atomic E-state index is 0.0246. The Morgan fingerprint density at radius 2 is 1.87 bits per heavy atom. The molecular formula is C28H26BrClF4N2O3. The van der Waals surface area contributed by atoms with Gasteiger partial charge in [-0.1, -0.05) is 29.7 Å². The number of halogens is 6. The van der Waals surface area contributed by atoms with Crippen LogP contribution in [0.2, 0.25) is 5.02 Å². The van der Waals surface area contributed by atoms with E-state index in [1.807, 2.05) is 0 Å². The van der Waals surface area contributed by atoms with Gasteiger partial charge in [0.15, 0.2) is 11.4 Å². The van der Waals surface area contributed by atoms with Gasteiger partial charge in [-0.25, -0.2) is 18.2 Å². The van der Waals surface area contributed by atoms with Gasteiger partial charge in [0.2, 0.25) is 0 Å². The monoisotopic (exact) mass is 628 g/mol. The van der Waals surface area contributed by atoms with Crippen molar-refractivity contribution in [3.8, 4) is 28.7 Å². The predicted octanol–water partition coefficient (Wildman–Crippen LogP) is 5.73. The molecule has 1 saturated heterocycles. The van der Waals surface area contributed by atoms with Gasteiger partial charge >= 0.3 is 0 Å². The topological polar surface area (TPSA) is 65.8 Å². The van der Waals surface area contributed by atoms with Crippen molar-refractivity contribution in [1.82, 2.24) is 9.88 Å². The number of aromatic nitrogens is 1. The molecular weight excluding hydrogens is 604 g/mol. The fourth-order valence-corrected chi connectivity index (χ4v) is 4.52. The first-order valence-corrected chi connectivity index (χ1v) is 13.0. The third kappa shape index (κ3) is 7.93. The number of ether oxygens (including phenoxy) is 1. The summed E-state index contributed by atoms with van der Waals surface area (Å²) in [6, 6.07) is 13.6. The summed E-state index contributed by atoms with van der Waals surface area (Å²) in [5.41, 5.74) is -0.313. The average molecular weight is 630 g/mol. The summed E-state index contributed by atoms with van der Waals surface area (Å²) in [6.07, 6.45) is -3.20. The summed E-state index contributed by atoms with van der Waals surface area (Å²) in [7, 11) is 0.500. The predicted molar refractivity (Wildman–Crippen MR) is 145 cm³/mol. The van der Waals surface area contributed by atoms with E-state index < -0.39 is 23.9 Å². The smallest absolute Gasteiger partial charge is 0.269 e. The number of hydrogen-bond donors (Lipinski definition) is 2. The number of pyridine rings is 1. The normalized spacial score (nSPS) is 19.1. The summed E-state index contributed by atoms with van der Waals surface area (Å²) >= 11 is 9.33. The largest absolute Gasteiger partial charge is 0.491 e. The highest BCUT2D eigenvalue weighted by Crippen LogP contribution is 2.30. The first kappa shape index (κ1) is 30.9. The van der Waals surface area contributed by atoms with Crippen LogP contribution in [0.25, 0.3) is 11.1 Å². The minimum Gasteiger partial charge on any atom is -0.491 e. The summed E-state index contributed by atoms with van der Waals surface area (Å²) in [4.78, 5) is 5.90. The summed E-state index contributed by atoms with van der Waals surface area (Å²) in [5.74, 6) is 5.65. The molecule has 2 aromatic carbocycles. The molecule has 2 heterocycles. The van der Waals surface area contributed by atoms with Crippen LogP contribution in [-0.4, -0.2) is 71.6 Å².